The highest BCUT2D eigenvalue weighted by Gasteiger charge is 2.31. The minimum atomic E-state index is -0.508. The molecule has 0 radical (unpaired) electrons. The van der Waals surface area contributed by atoms with Crippen molar-refractivity contribution >= 4 is 33.8 Å². The monoisotopic (exact) mass is 282 g/mol. The Hall–Kier alpha value is -1.56. The van der Waals surface area contributed by atoms with Gasteiger partial charge in [-0.1, -0.05) is 0 Å². The predicted molar refractivity (Wildman–Crippen MR) is 75.9 cm³/mol. The highest BCUT2D eigenvalue weighted by Crippen LogP contribution is 2.40. The molecule has 1 atom stereocenters. The lowest BCUT2D eigenvalue weighted by molar-refractivity contribution is 0.0603. The first-order valence-corrected chi connectivity index (χ1v) is 7.05. The lowest BCUT2D eigenvalue weighted by Crippen LogP contribution is -2.18. The number of ketones is 1. The summed E-state index contributed by atoms with van der Waals surface area (Å²) in [5.74, 6) is -0.0128. The van der Waals surface area contributed by atoms with Gasteiger partial charge < -0.3 is 15.8 Å². The van der Waals surface area contributed by atoms with E-state index in [-0.39, 0.29) is 23.1 Å². The largest absolute Gasteiger partial charge is 0.465 e. The molecular formula is C13H18N2O3S. The molecular weight excluding hydrogens is 264 g/mol. The summed E-state index contributed by atoms with van der Waals surface area (Å²) >= 11 is 1.22. The SMILES string of the molecule is COC(=O)c1c(NC(C)C2CC2)sc(C(C)=O)c1N. The fraction of sp³-hybridized carbons (Fsp3) is 0.538. The average molecular weight is 282 g/mol. The second-order valence-electron chi connectivity index (χ2n) is 4.87. The van der Waals surface area contributed by atoms with E-state index in [1.54, 1.807) is 0 Å². The number of anilines is 2. The van der Waals surface area contributed by atoms with Crippen LogP contribution in [-0.2, 0) is 4.74 Å². The molecule has 1 heterocycles. The first kappa shape index (κ1) is 13.9. The zero-order chi connectivity index (χ0) is 14.2. The topological polar surface area (TPSA) is 81.4 Å². The lowest BCUT2D eigenvalue weighted by Gasteiger charge is -2.13. The number of nitrogens with two attached hydrogens (primary N) is 1. The maximum absolute atomic E-state index is 11.8. The van der Waals surface area contributed by atoms with E-state index in [0.29, 0.717) is 15.8 Å². The van der Waals surface area contributed by atoms with Crippen LogP contribution in [0.15, 0.2) is 0 Å². The Bertz CT molecular complexity index is 520. The maximum Gasteiger partial charge on any atom is 0.343 e. The van der Waals surface area contributed by atoms with Gasteiger partial charge >= 0.3 is 5.97 Å². The Morgan fingerprint density at radius 3 is 2.58 bits per heavy atom. The number of rotatable bonds is 5. The van der Waals surface area contributed by atoms with Gasteiger partial charge in [0.2, 0.25) is 0 Å². The molecule has 0 aromatic carbocycles. The normalized spacial score (nSPS) is 15.9. The Morgan fingerprint density at radius 2 is 2.11 bits per heavy atom. The molecule has 0 amide bonds. The zero-order valence-corrected chi connectivity index (χ0v) is 12.1. The molecule has 1 aromatic heterocycles. The van der Waals surface area contributed by atoms with E-state index in [0.717, 1.165) is 0 Å². The van der Waals surface area contributed by atoms with Crippen LogP contribution in [0.4, 0.5) is 10.7 Å². The van der Waals surface area contributed by atoms with Gasteiger partial charge in [-0.2, -0.15) is 0 Å². The number of nitrogen functional groups attached to an aromatic ring is 1. The van der Waals surface area contributed by atoms with Gasteiger partial charge in [-0.05, 0) is 25.7 Å². The number of hydrogen-bond acceptors (Lipinski definition) is 6. The Kier molecular flexibility index (Phi) is 3.80. The van der Waals surface area contributed by atoms with E-state index < -0.39 is 5.97 Å². The molecule has 1 aromatic rings. The van der Waals surface area contributed by atoms with Crippen LogP contribution >= 0.6 is 11.3 Å². The molecule has 1 aliphatic rings. The summed E-state index contributed by atoms with van der Waals surface area (Å²) in [6.45, 7) is 3.51. The lowest BCUT2D eigenvalue weighted by atomic mass is 10.2. The van der Waals surface area contributed by atoms with Crippen LogP contribution in [0.5, 0.6) is 0 Å². The van der Waals surface area contributed by atoms with Crippen molar-refractivity contribution in [2.24, 2.45) is 5.92 Å². The van der Waals surface area contributed by atoms with Crippen molar-refractivity contribution in [1.82, 2.24) is 0 Å². The van der Waals surface area contributed by atoms with E-state index in [9.17, 15) is 9.59 Å². The number of ether oxygens (including phenoxy) is 1. The molecule has 5 nitrogen and oxygen atoms in total. The molecule has 104 valence electrons. The molecule has 3 N–H and O–H groups in total. The second-order valence-corrected chi connectivity index (χ2v) is 5.89. The van der Waals surface area contributed by atoms with Crippen LogP contribution in [0, 0.1) is 5.92 Å². The number of Topliss-reactive ketones (excluding diaryl/α,β-unsaturated/α-hetero) is 1. The number of carbonyl (C=O) groups is 2. The second kappa shape index (κ2) is 5.21. The minimum absolute atomic E-state index is 0.139. The van der Waals surface area contributed by atoms with Gasteiger partial charge in [-0.3, -0.25) is 4.79 Å². The molecule has 1 fully saturated rings. The summed E-state index contributed by atoms with van der Waals surface area (Å²) in [6, 6.07) is 0.265. The van der Waals surface area contributed by atoms with Crippen molar-refractivity contribution in [1.29, 1.82) is 0 Å². The van der Waals surface area contributed by atoms with Gasteiger partial charge in [0.25, 0.3) is 0 Å². The molecule has 2 rings (SSSR count). The number of methoxy groups -OCH3 is 1. The van der Waals surface area contributed by atoms with Crippen molar-refractivity contribution in [3.63, 3.8) is 0 Å². The summed E-state index contributed by atoms with van der Waals surface area (Å²) in [6.07, 6.45) is 2.39. The fourth-order valence-corrected chi connectivity index (χ4v) is 3.13. The number of nitrogens with one attached hydrogen (secondary N) is 1. The van der Waals surface area contributed by atoms with Gasteiger partial charge in [0.15, 0.2) is 5.78 Å². The average Bonchev–Trinajstić information content (AvgIpc) is 3.14. The van der Waals surface area contributed by atoms with Gasteiger partial charge in [0.1, 0.15) is 10.6 Å². The van der Waals surface area contributed by atoms with Crippen LogP contribution in [0.1, 0.15) is 46.7 Å². The van der Waals surface area contributed by atoms with Gasteiger partial charge in [-0.15, -0.1) is 11.3 Å². The highest BCUT2D eigenvalue weighted by atomic mass is 32.1. The van der Waals surface area contributed by atoms with E-state index in [1.165, 1.54) is 38.2 Å². The van der Waals surface area contributed by atoms with E-state index >= 15 is 0 Å². The quantitative estimate of drug-likeness (QED) is 0.640. The standard InChI is InChI=1S/C13H18N2O3S/c1-6(8-4-5-8)15-12-9(13(17)18-3)10(14)11(19-12)7(2)16/h6,8,15H,4-5,14H2,1-3H3. The smallest absolute Gasteiger partial charge is 0.343 e. The molecule has 1 saturated carbocycles. The predicted octanol–water partition coefficient (Wildman–Crippen LogP) is 2.53. The third kappa shape index (κ3) is 2.73. The number of thiophene rings is 1. The van der Waals surface area contributed by atoms with Crippen LogP contribution in [0.3, 0.4) is 0 Å². The molecule has 0 spiro atoms. The maximum atomic E-state index is 11.8. The Morgan fingerprint density at radius 1 is 1.47 bits per heavy atom. The van der Waals surface area contributed by atoms with E-state index in [4.69, 9.17) is 10.5 Å². The Labute approximate surface area is 116 Å². The van der Waals surface area contributed by atoms with Crippen LogP contribution in [0.25, 0.3) is 0 Å². The van der Waals surface area contributed by atoms with Crippen LogP contribution < -0.4 is 11.1 Å². The summed E-state index contributed by atoms with van der Waals surface area (Å²) in [5.41, 5.74) is 6.40. The van der Waals surface area contributed by atoms with Gasteiger partial charge in [0, 0.05) is 13.0 Å². The number of hydrogen-bond donors (Lipinski definition) is 2. The van der Waals surface area contributed by atoms with Crippen molar-refractivity contribution in [2.45, 2.75) is 32.7 Å². The number of carbonyl (C=O) groups excluding carboxylic acids is 2. The van der Waals surface area contributed by atoms with Gasteiger partial charge in [0.05, 0.1) is 17.7 Å². The summed E-state index contributed by atoms with van der Waals surface area (Å²) in [7, 11) is 1.31. The Balaban J connectivity index is 2.36. The minimum Gasteiger partial charge on any atom is -0.465 e. The number of esters is 1. The van der Waals surface area contributed by atoms with Crippen molar-refractivity contribution in [3.8, 4) is 0 Å². The van der Waals surface area contributed by atoms with E-state index in [1.807, 2.05) is 0 Å². The molecule has 0 bridgehead atoms. The van der Waals surface area contributed by atoms with E-state index in [2.05, 4.69) is 12.2 Å². The molecule has 1 unspecified atom stereocenters. The third-order valence-electron chi connectivity index (χ3n) is 3.34. The molecule has 0 saturated heterocycles. The molecule has 6 heteroatoms. The van der Waals surface area contributed by atoms with Crippen LogP contribution in [0.2, 0.25) is 0 Å². The zero-order valence-electron chi connectivity index (χ0n) is 11.3. The third-order valence-corrected chi connectivity index (χ3v) is 4.58. The summed E-state index contributed by atoms with van der Waals surface area (Å²) in [5, 5.41) is 3.92. The summed E-state index contributed by atoms with van der Waals surface area (Å²) in [4.78, 5) is 23.7. The fourth-order valence-electron chi connectivity index (χ4n) is 2.03. The molecule has 19 heavy (non-hydrogen) atoms. The first-order chi connectivity index (χ1) is 8.95. The molecule has 1 aliphatic carbocycles. The van der Waals surface area contributed by atoms with Crippen molar-refractivity contribution in [3.05, 3.63) is 10.4 Å². The highest BCUT2D eigenvalue weighted by molar-refractivity contribution is 7.19. The van der Waals surface area contributed by atoms with Gasteiger partial charge in [-0.25, -0.2) is 4.79 Å². The summed E-state index contributed by atoms with van der Waals surface area (Å²) < 4.78 is 4.74. The van der Waals surface area contributed by atoms with Crippen molar-refractivity contribution < 1.29 is 14.3 Å². The molecule has 0 aliphatic heterocycles. The van der Waals surface area contributed by atoms with Crippen molar-refractivity contribution in [2.75, 3.05) is 18.2 Å². The van der Waals surface area contributed by atoms with Crippen LogP contribution in [-0.4, -0.2) is 24.9 Å². The first-order valence-electron chi connectivity index (χ1n) is 6.23.